The average molecular weight is 162 g/mol. The summed E-state index contributed by atoms with van der Waals surface area (Å²) in [7, 11) is 6.25. The van der Waals surface area contributed by atoms with Crippen LogP contribution < -0.4 is 15.7 Å². The minimum absolute atomic E-state index is 0.0556. The van der Waals surface area contributed by atoms with E-state index >= 15 is 0 Å². The van der Waals surface area contributed by atoms with E-state index in [-0.39, 0.29) is 12.5 Å². The topological polar surface area (TPSA) is 70.6 Å². The number of aliphatic carboxylic acids is 1. The molecule has 0 aromatic heterocycles. The molecule has 0 amide bonds. The largest absolute Gasteiger partial charge is 0.550 e. The summed E-state index contributed by atoms with van der Waals surface area (Å²) in [6.45, 7) is 1.62. The maximum atomic E-state index is 9.62. The summed E-state index contributed by atoms with van der Waals surface area (Å²) in [5.74, 6) is -1.09. The third-order valence-electron chi connectivity index (χ3n) is 0.489. The van der Waals surface area contributed by atoms with Gasteiger partial charge in [0.25, 0.3) is 0 Å². The predicted molar refractivity (Wildman–Crippen MR) is 42.0 cm³/mol. The van der Waals surface area contributed by atoms with E-state index in [9.17, 15) is 9.90 Å². The van der Waals surface area contributed by atoms with Gasteiger partial charge in [-0.05, 0) is 6.92 Å². The van der Waals surface area contributed by atoms with E-state index in [0.29, 0.717) is 0 Å². The lowest BCUT2D eigenvalue weighted by atomic mass is 10.3. The SMILES string of the molecule is C[C@@H](N)CC(=O)[O-].C[NH+](C)C. The highest BCUT2D eigenvalue weighted by Gasteiger charge is 1.90. The van der Waals surface area contributed by atoms with Gasteiger partial charge in [-0.1, -0.05) is 0 Å². The lowest BCUT2D eigenvalue weighted by Crippen LogP contribution is -3.02. The molecule has 68 valence electrons. The van der Waals surface area contributed by atoms with Gasteiger partial charge >= 0.3 is 0 Å². The predicted octanol–water partition coefficient (Wildman–Crippen LogP) is -2.77. The van der Waals surface area contributed by atoms with Crippen LogP contribution >= 0.6 is 0 Å². The molecule has 4 heteroatoms. The van der Waals surface area contributed by atoms with Crippen LogP contribution in [0.25, 0.3) is 0 Å². The number of nitrogens with one attached hydrogen (secondary N) is 1. The lowest BCUT2D eigenvalue weighted by molar-refractivity contribution is -0.836. The lowest BCUT2D eigenvalue weighted by Gasteiger charge is -2.02. The molecule has 0 spiro atoms. The molecule has 1 atom stereocenters. The monoisotopic (exact) mass is 162 g/mol. The van der Waals surface area contributed by atoms with Crippen LogP contribution in [-0.2, 0) is 4.79 Å². The van der Waals surface area contributed by atoms with Crippen molar-refractivity contribution in [2.75, 3.05) is 21.1 Å². The molecule has 0 unspecified atom stereocenters. The van der Waals surface area contributed by atoms with Crippen molar-refractivity contribution >= 4 is 5.97 Å². The third-order valence-corrected chi connectivity index (χ3v) is 0.489. The Morgan fingerprint density at radius 2 is 1.82 bits per heavy atom. The standard InChI is InChI=1S/C4H9NO2.C3H9N/c1-3(5)2-4(6)7;1-4(2)3/h3H,2,5H2,1H3,(H,6,7);1-3H3/t3-;/m1./s1. The number of carboxylic acid groups (broad SMARTS) is 1. The Balaban J connectivity index is 0. The molecule has 0 fully saturated rings. The fourth-order valence-corrected chi connectivity index (χ4v) is 0.263. The zero-order chi connectivity index (χ0) is 9.44. The molecule has 0 saturated heterocycles. The third kappa shape index (κ3) is 44.6. The molecule has 0 aliphatic carbocycles. The fraction of sp³-hybridized carbons (Fsp3) is 0.857. The van der Waals surface area contributed by atoms with E-state index < -0.39 is 5.97 Å². The van der Waals surface area contributed by atoms with Gasteiger partial charge in [0.15, 0.2) is 0 Å². The summed E-state index contributed by atoms with van der Waals surface area (Å²) in [5.41, 5.74) is 5.07. The van der Waals surface area contributed by atoms with Crippen LogP contribution in [-0.4, -0.2) is 33.2 Å². The molecular weight excluding hydrogens is 144 g/mol. The summed E-state index contributed by atoms with van der Waals surface area (Å²) >= 11 is 0. The second-order valence-corrected chi connectivity index (χ2v) is 3.05. The van der Waals surface area contributed by atoms with Crippen LogP contribution in [0.3, 0.4) is 0 Å². The first-order chi connectivity index (χ1) is 4.86. The van der Waals surface area contributed by atoms with Crippen LogP contribution in [0.2, 0.25) is 0 Å². The summed E-state index contributed by atoms with van der Waals surface area (Å²) in [6.07, 6.45) is -0.0556. The quantitative estimate of drug-likeness (QED) is 0.462. The van der Waals surface area contributed by atoms with Crippen molar-refractivity contribution in [1.82, 2.24) is 0 Å². The first-order valence-corrected chi connectivity index (χ1v) is 3.58. The molecule has 4 nitrogen and oxygen atoms in total. The van der Waals surface area contributed by atoms with Crippen molar-refractivity contribution in [3.63, 3.8) is 0 Å². The number of carbonyl (C=O) groups excluding carboxylic acids is 1. The highest BCUT2D eigenvalue weighted by Crippen LogP contribution is 1.79. The van der Waals surface area contributed by atoms with Gasteiger partial charge in [0.1, 0.15) is 0 Å². The number of carboxylic acids is 1. The second kappa shape index (κ2) is 7.50. The van der Waals surface area contributed by atoms with Gasteiger partial charge in [-0.2, -0.15) is 0 Å². The van der Waals surface area contributed by atoms with Crippen molar-refractivity contribution in [1.29, 1.82) is 0 Å². The van der Waals surface area contributed by atoms with Crippen molar-refractivity contribution in [2.24, 2.45) is 5.73 Å². The van der Waals surface area contributed by atoms with Crippen molar-refractivity contribution in [3.8, 4) is 0 Å². The summed E-state index contributed by atoms with van der Waals surface area (Å²) < 4.78 is 0. The van der Waals surface area contributed by atoms with Gasteiger partial charge in [0, 0.05) is 18.4 Å². The van der Waals surface area contributed by atoms with Crippen molar-refractivity contribution in [2.45, 2.75) is 19.4 Å². The smallest absolute Gasteiger partial charge is 0.0661 e. The Hall–Kier alpha value is -0.610. The molecule has 0 bridgehead atoms. The molecule has 0 aliphatic heterocycles. The molecule has 0 aromatic rings. The molecule has 3 N–H and O–H groups in total. The summed E-state index contributed by atoms with van der Waals surface area (Å²) in [4.78, 5) is 11.0. The Morgan fingerprint density at radius 1 is 1.55 bits per heavy atom. The maximum Gasteiger partial charge on any atom is 0.0661 e. The van der Waals surface area contributed by atoms with Gasteiger partial charge in [0.05, 0.1) is 21.1 Å². The van der Waals surface area contributed by atoms with Gasteiger partial charge < -0.3 is 20.5 Å². The minimum atomic E-state index is -1.09. The number of nitrogens with two attached hydrogens (primary N) is 1. The molecule has 0 saturated carbocycles. The first-order valence-electron chi connectivity index (χ1n) is 3.58. The van der Waals surface area contributed by atoms with Crippen LogP contribution in [0, 0.1) is 0 Å². The summed E-state index contributed by atoms with van der Waals surface area (Å²) in [6, 6.07) is -0.287. The number of quaternary nitrogens is 1. The first kappa shape index (κ1) is 13.0. The van der Waals surface area contributed by atoms with Crippen molar-refractivity contribution in [3.05, 3.63) is 0 Å². The normalized spacial score (nSPS) is 11.8. The van der Waals surface area contributed by atoms with Crippen LogP contribution in [0.5, 0.6) is 0 Å². The van der Waals surface area contributed by atoms with Crippen LogP contribution in [0.1, 0.15) is 13.3 Å². The van der Waals surface area contributed by atoms with E-state index in [0.717, 1.165) is 0 Å². The Bertz CT molecular complexity index is 99.9. The Morgan fingerprint density at radius 3 is 1.82 bits per heavy atom. The average Bonchev–Trinajstić information content (AvgIpc) is 1.56. The Labute approximate surface area is 68.0 Å². The van der Waals surface area contributed by atoms with Gasteiger partial charge in [-0.15, -0.1) is 0 Å². The molecule has 0 rings (SSSR count). The van der Waals surface area contributed by atoms with Gasteiger partial charge in [-0.25, -0.2) is 0 Å². The number of rotatable bonds is 2. The van der Waals surface area contributed by atoms with E-state index in [1.165, 1.54) is 4.90 Å². The Kier molecular flexibility index (Phi) is 8.87. The maximum absolute atomic E-state index is 9.62. The zero-order valence-corrected chi connectivity index (χ0v) is 7.68. The van der Waals surface area contributed by atoms with Gasteiger partial charge in [0.2, 0.25) is 0 Å². The number of carbonyl (C=O) groups is 1. The highest BCUT2D eigenvalue weighted by molar-refractivity contribution is 5.64. The molecule has 0 aromatic carbocycles. The van der Waals surface area contributed by atoms with E-state index in [1.807, 2.05) is 0 Å². The van der Waals surface area contributed by atoms with Crippen LogP contribution in [0.15, 0.2) is 0 Å². The van der Waals surface area contributed by atoms with Gasteiger partial charge in [-0.3, -0.25) is 0 Å². The molecule has 11 heavy (non-hydrogen) atoms. The number of hydrogen-bond acceptors (Lipinski definition) is 3. The van der Waals surface area contributed by atoms with E-state index in [4.69, 9.17) is 5.73 Å². The number of hydrogen-bond donors (Lipinski definition) is 2. The highest BCUT2D eigenvalue weighted by atomic mass is 16.4. The van der Waals surface area contributed by atoms with E-state index in [2.05, 4.69) is 21.1 Å². The molecule has 0 heterocycles. The molecular formula is C7H18N2O2. The fourth-order valence-electron chi connectivity index (χ4n) is 0.263. The van der Waals surface area contributed by atoms with Crippen LogP contribution in [0.4, 0.5) is 0 Å². The minimum Gasteiger partial charge on any atom is -0.550 e. The molecule has 0 aliphatic rings. The van der Waals surface area contributed by atoms with Crippen molar-refractivity contribution < 1.29 is 14.8 Å². The second-order valence-electron chi connectivity index (χ2n) is 3.05. The van der Waals surface area contributed by atoms with E-state index in [1.54, 1.807) is 6.92 Å². The summed E-state index contributed by atoms with van der Waals surface area (Å²) in [5, 5.41) is 9.62. The zero-order valence-electron chi connectivity index (χ0n) is 7.68. The molecule has 0 radical (unpaired) electrons.